The zero-order chi connectivity index (χ0) is 34.9. The van der Waals surface area contributed by atoms with E-state index in [0.717, 1.165) is 39.5 Å². The maximum Gasteiger partial charge on any atom is 0.416 e. The van der Waals surface area contributed by atoms with E-state index in [0.29, 0.717) is 38.3 Å². The smallest absolute Gasteiger partial charge is 0.348 e. The van der Waals surface area contributed by atoms with E-state index in [2.05, 4.69) is 20.2 Å². The summed E-state index contributed by atoms with van der Waals surface area (Å²) >= 11 is 1.59. The van der Waals surface area contributed by atoms with Gasteiger partial charge in [-0.15, -0.1) is 11.3 Å². The van der Waals surface area contributed by atoms with Gasteiger partial charge in [0.15, 0.2) is 0 Å². The number of amides is 2. The second-order valence-electron chi connectivity index (χ2n) is 12.1. The Kier molecular flexibility index (Phi) is 11.1. The Morgan fingerprint density at radius 1 is 0.820 bits per heavy atom. The highest BCUT2D eigenvalue weighted by molar-refractivity contribution is 7.09. The summed E-state index contributed by atoms with van der Waals surface area (Å²) in [7, 11) is 0. The van der Waals surface area contributed by atoms with Gasteiger partial charge >= 0.3 is 6.18 Å². The van der Waals surface area contributed by atoms with Crippen molar-refractivity contribution in [1.82, 2.24) is 25.1 Å². The molecule has 0 saturated carbocycles. The summed E-state index contributed by atoms with van der Waals surface area (Å²) in [6.07, 6.45) is 0.800. The number of piperazine rings is 1. The molecule has 256 valence electrons. The predicted octanol–water partition coefficient (Wildman–Crippen LogP) is 7.13. The second-order valence-corrected chi connectivity index (χ2v) is 13.1. The first-order valence-electron chi connectivity index (χ1n) is 16.3. The first-order valence-corrected chi connectivity index (χ1v) is 17.2. The molecule has 5 aromatic rings. The lowest BCUT2D eigenvalue weighted by atomic mass is 9.88. The fraction of sp³-hybridized carbons (Fsp3) is 0.231. The van der Waals surface area contributed by atoms with E-state index >= 15 is 0 Å². The third-order valence-corrected chi connectivity index (χ3v) is 9.44. The molecule has 2 amide bonds. The van der Waals surface area contributed by atoms with Crippen molar-refractivity contribution in [3.8, 4) is 11.3 Å². The fourth-order valence-corrected chi connectivity index (χ4v) is 6.59. The van der Waals surface area contributed by atoms with Gasteiger partial charge in [0.25, 0.3) is 0 Å². The number of benzene rings is 3. The molecule has 1 aliphatic heterocycles. The maximum atomic E-state index is 14.4. The van der Waals surface area contributed by atoms with Crippen LogP contribution >= 0.6 is 11.3 Å². The third-order valence-electron chi connectivity index (χ3n) is 8.67. The van der Waals surface area contributed by atoms with Crippen LogP contribution < -0.4 is 5.32 Å². The number of nitrogens with zero attached hydrogens (tertiary/aromatic N) is 4. The van der Waals surface area contributed by atoms with E-state index < -0.39 is 23.6 Å². The van der Waals surface area contributed by atoms with Crippen molar-refractivity contribution in [3.05, 3.63) is 148 Å². The zero-order valence-electron chi connectivity index (χ0n) is 27.2. The summed E-state index contributed by atoms with van der Waals surface area (Å²) in [6.45, 7) is 3.16. The molecular formula is C39H36F3N5O2S. The number of hydrogen-bond acceptors (Lipinski definition) is 6. The molecule has 3 heterocycles. The molecule has 2 aromatic heterocycles. The minimum atomic E-state index is -4.50. The SMILES string of the molecule is O=C(NCc1ccc(-c2ccccn2)cc1)C(=Cc1ccc(C(F)(F)F)cc1)[C@H](Cc1ccccc1)C(=O)N1CCN(Cc2nccs2)CC1. The zero-order valence-corrected chi connectivity index (χ0v) is 28.0. The minimum absolute atomic E-state index is 0.188. The van der Waals surface area contributed by atoms with Crippen LogP contribution in [0.4, 0.5) is 13.2 Å². The number of rotatable bonds is 11. The van der Waals surface area contributed by atoms with Gasteiger partial charge in [0.2, 0.25) is 11.8 Å². The predicted molar refractivity (Wildman–Crippen MR) is 189 cm³/mol. The van der Waals surface area contributed by atoms with Gasteiger partial charge in [-0.1, -0.05) is 72.8 Å². The van der Waals surface area contributed by atoms with E-state index in [1.807, 2.05) is 78.2 Å². The molecule has 3 aromatic carbocycles. The lowest BCUT2D eigenvalue weighted by Crippen LogP contribution is -2.51. The normalized spacial score (nSPS) is 14.7. The van der Waals surface area contributed by atoms with Gasteiger partial charge in [-0.05, 0) is 53.5 Å². The third kappa shape index (κ3) is 9.10. The summed E-state index contributed by atoms with van der Waals surface area (Å²) < 4.78 is 40.1. The minimum Gasteiger partial charge on any atom is -0.348 e. The van der Waals surface area contributed by atoms with Gasteiger partial charge in [0, 0.05) is 61.6 Å². The first kappa shape index (κ1) is 34.7. The van der Waals surface area contributed by atoms with Gasteiger partial charge in [-0.2, -0.15) is 13.2 Å². The monoisotopic (exact) mass is 695 g/mol. The second kappa shape index (κ2) is 16.1. The molecule has 1 atom stereocenters. The van der Waals surface area contributed by atoms with E-state index in [-0.39, 0.29) is 24.4 Å². The van der Waals surface area contributed by atoms with Crippen LogP contribution in [0.5, 0.6) is 0 Å². The summed E-state index contributed by atoms with van der Waals surface area (Å²) in [6, 6.07) is 27.4. The summed E-state index contributed by atoms with van der Waals surface area (Å²) in [5.41, 5.74) is 3.26. The number of alkyl halides is 3. The molecule has 11 heteroatoms. The molecule has 1 saturated heterocycles. The standard InChI is InChI=1S/C39H36F3N5O2S/c40-39(41,42)32-15-11-29(12-16-32)24-33(37(48)45-26-30-9-13-31(14-10-30)35-8-4-5-17-43-35)34(25-28-6-2-1-3-7-28)38(49)47-21-19-46(20-22-47)27-36-44-18-23-50-36/h1-18,23-24,34H,19-22,25-27H2,(H,45,48)/t34-/m0/s1. The van der Waals surface area contributed by atoms with Crippen molar-refractivity contribution in [1.29, 1.82) is 0 Å². The van der Waals surface area contributed by atoms with Gasteiger partial charge in [0.1, 0.15) is 5.01 Å². The van der Waals surface area contributed by atoms with Gasteiger partial charge in [-0.25, -0.2) is 4.98 Å². The van der Waals surface area contributed by atoms with E-state index in [4.69, 9.17) is 0 Å². The number of hydrogen-bond donors (Lipinski definition) is 1. The Balaban J connectivity index is 1.27. The molecule has 7 nitrogen and oxygen atoms in total. The first-order chi connectivity index (χ1) is 24.2. The molecule has 0 radical (unpaired) electrons. The number of pyridine rings is 1. The highest BCUT2D eigenvalue weighted by Crippen LogP contribution is 2.30. The van der Waals surface area contributed by atoms with Crippen LogP contribution in [0.25, 0.3) is 17.3 Å². The Hall–Kier alpha value is -5.13. The van der Waals surface area contributed by atoms with E-state index in [9.17, 15) is 22.8 Å². The van der Waals surface area contributed by atoms with Crippen molar-refractivity contribution in [3.63, 3.8) is 0 Å². The largest absolute Gasteiger partial charge is 0.416 e. The van der Waals surface area contributed by atoms with Crippen molar-refractivity contribution in [2.45, 2.75) is 25.7 Å². The van der Waals surface area contributed by atoms with Crippen molar-refractivity contribution in [2.24, 2.45) is 5.92 Å². The van der Waals surface area contributed by atoms with Crippen LogP contribution in [-0.4, -0.2) is 57.8 Å². The molecule has 1 N–H and O–H groups in total. The number of nitrogens with one attached hydrogen (secondary N) is 1. The van der Waals surface area contributed by atoms with E-state index in [1.54, 1.807) is 34.7 Å². The van der Waals surface area contributed by atoms with Crippen LogP contribution in [0.1, 0.15) is 27.3 Å². The van der Waals surface area contributed by atoms with E-state index in [1.165, 1.54) is 12.1 Å². The number of carbonyl (C=O) groups is 2. The van der Waals surface area contributed by atoms with Gasteiger partial charge in [0.05, 0.1) is 23.7 Å². The molecular weight excluding hydrogens is 660 g/mol. The summed E-state index contributed by atoms with van der Waals surface area (Å²) in [4.78, 5) is 41.3. The molecule has 0 bridgehead atoms. The van der Waals surface area contributed by atoms with Gasteiger partial charge < -0.3 is 10.2 Å². The molecule has 1 fully saturated rings. The molecule has 0 spiro atoms. The number of halogens is 3. The average Bonchev–Trinajstić information content (AvgIpc) is 3.66. The van der Waals surface area contributed by atoms with Crippen LogP contribution in [0.2, 0.25) is 0 Å². The molecule has 0 unspecified atom stereocenters. The van der Waals surface area contributed by atoms with Crippen molar-refractivity contribution < 1.29 is 22.8 Å². The summed E-state index contributed by atoms with van der Waals surface area (Å²) in [5, 5.41) is 5.93. The van der Waals surface area contributed by atoms with Crippen LogP contribution in [0.3, 0.4) is 0 Å². The quantitative estimate of drug-likeness (QED) is 0.149. The number of carbonyl (C=O) groups excluding carboxylic acids is 2. The Labute approximate surface area is 293 Å². The molecule has 6 rings (SSSR count). The highest BCUT2D eigenvalue weighted by atomic mass is 32.1. The maximum absolute atomic E-state index is 14.4. The topological polar surface area (TPSA) is 78.4 Å². The lowest BCUT2D eigenvalue weighted by molar-refractivity contribution is -0.138. The number of thiazole rings is 1. The average molecular weight is 696 g/mol. The Morgan fingerprint density at radius 3 is 2.18 bits per heavy atom. The van der Waals surface area contributed by atoms with Crippen molar-refractivity contribution in [2.75, 3.05) is 26.2 Å². The summed E-state index contributed by atoms with van der Waals surface area (Å²) in [5.74, 6) is -1.54. The van der Waals surface area contributed by atoms with Crippen LogP contribution in [0.15, 0.2) is 120 Å². The fourth-order valence-electron chi connectivity index (χ4n) is 5.93. The highest BCUT2D eigenvalue weighted by Gasteiger charge is 2.34. The molecule has 0 aliphatic carbocycles. The Bertz CT molecular complexity index is 1870. The number of aromatic nitrogens is 2. The lowest BCUT2D eigenvalue weighted by Gasteiger charge is -2.36. The van der Waals surface area contributed by atoms with Gasteiger partial charge in [-0.3, -0.25) is 19.5 Å². The van der Waals surface area contributed by atoms with Crippen LogP contribution in [-0.2, 0) is 35.3 Å². The molecule has 1 aliphatic rings. The Morgan fingerprint density at radius 2 is 1.54 bits per heavy atom. The van der Waals surface area contributed by atoms with Crippen LogP contribution in [0, 0.1) is 5.92 Å². The van der Waals surface area contributed by atoms with Crippen molar-refractivity contribution >= 4 is 29.2 Å². The molecule has 50 heavy (non-hydrogen) atoms.